The lowest BCUT2D eigenvalue weighted by Crippen LogP contribution is -2.38. The number of rotatable bonds is 12. The van der Waals surface area contributed by atoms with Crippen molar-refractivity contribution in [3.8, 4) is 5.75 Å². The highest BCUT2D eigenvalue weighted by atomic mass is 127. The van der Waals surface area contributed by atoms with Gasteiger partial charge in [-0.3, -0.25) is 9.79 Å². The lowest BCUT2D eigenvalue weighted by Gasteiger charge is -2.15. The van der Waals surface area contributed by atoms with Crippen molar-refractivity contribution in [3.05, 3.63) is 53.0 Å². The van der Waals surface area contributed by atoms with E-state index in [1.54, 1.807) is 20.2 Å². The molecule has 32 heavy (non-hydrogen) atoms. The van der Waals surface area contributed by atoms with E-state index < -0.39 is 0 Å². The first-order valence-corrected chi connectivity index (χ1v) is 10.5. The molecule has 8 nitrogen and oxygen atoms in total. The van der Waals surface area contributed by atoms with E-state index in [4.69, 9.17) is 13.9 Å². The maximum atomic E-state index is 12.0. The standard InChI is InChI=1S/C23H34N4O4.HI/c1-17-7-8-19(20(15-17)30-13-6-12-29-4)16-27-23(24-3)26-11-5-10-25-22(28)21-18(2)9-14-31-21;/h7-9,14-15H,5-6,10-13,16H2,1-4H3,(H,25,28)(H2,24,26,27);1H. The summed E-state index contributed by atoms with van der Waals surface area (Å²) in [6.45, 7) is 6.99. The number of benzene rings is 1. The number of guanidine groups is 1. The molecule has 0 aliphatic carbocycles. The fourth-order valence-electron chi connectivity index (χ4n) is 2.91. The summed E-state index contributed by atoms with van der Waals surface area (Å²) in [5.74, 6) is 1.74. The average molecular weight is 558 g/mol. The Bertz CT molecular complexity index is 854. The molecule has 0 radical (unpaired) electrons. The monoisotopic (exact) mass is 558 g/mol. The fraction of sp³-hybridized carbons (Fsp3) is 0.478. The quantitative estimate of drug-likeness (QED) is 0.160. The van der Waals surface area contributed by atoms with Crippen LogP contribution in [0.2, 0.25) is 0 Å². The van der Waals surface area contributed by atoms with Gasteiger partial charge in [0.05, 0.1) is 12.9 Å². The van der Waals surface area contributed by atoms with Gasteiger partial charge in [-0.15, -0.1) is 24.0 Å². The van der Waals surface area contributed by atoms with Gasteiger partial charge >= 0.3 is 0 Å². The van der Waals surface area contributed by atoms with Gasteiger partial charge in [-0.2, -0.15) is 0 Å². The zero-order chi connectivity index (χ0) is 22.5. The van der Waals surface area contributed by atoms with Crippen LogP contribution in [0.25, 0.3) is 0 Å². The number of carbonyl (C=O) groups is 1. The minimum Gasteiger partial charge on any atom is -0.493 e. The molecule has 2 aromatic rings. The first-order valence-electron chi connectivity index (χ1n) is 10.5. The van der Waals surface area contributed by atoms with E-state index in [-0.39, 0.29) is 29.9 Å². The maximum Gasteiger partial charge on any atom is 0.287 e. The van der Waals surface area contributed by atoms with E-state index >= 15 is 0 Å². The Labute approximate surface area is 207 Å². The summed E-state index contributed by atoms with van der Waals surface area (Å²) >= 11 is 0. The molecule has 0 saturated carbocycles. The minimum atomic E-state index is -0.192. The van der Waals surface area contributed by atoms with Gasteiger partial charge in [0, 0.05) is 57.9 Å². The first-order chi connectivity index (χ1) is 15.0. The van der Waals surface area contributed by atoms with Crippen LogP contribution in [0.3, 0.4) is 0 Å². The number of furan rings is 1. The number of hydrogen-bond donors (Lipinski definition) is 3. The van der Waals surface area contributed by atoms with Crippen molar-refractivity contribution in [2.45, 2.75) is 33.2 Å². The summed E-state index contributed by atoms with van der Waals surface area (Å²) in [7, 11) is 3.42. The molecule has 2 rings (SSSR count). The van der Waals surface area contributed by atoms with E-state index in [2.05, 4.69) is 33.1 Å². The molecule has 1 aromatic heterocycles. The lowest BCUT2D eigenvalue weighted by atomic mass is 10.1. The molecule has 0 aliphatic heterocycles. The number of nitrogens with zero attached hydrogens (tertiary/aromatic N) is 1. The topological polar surface area (TPSA) is 97.1 Å². The van der Waals surface area contributed by atoms with E-state index in [0.717, 1.165) is 35.3 Å². The third-order valence-electron chi connectivity index (χ3n) is 4.64. The number of nitrogens with one attached hydrogen (secondary N) is 3. The molecule has 0 saturated heterocycles. The third-order valence-corrected chi connectivity index (χ3v) is 4.64. The van der Waals surface area contributed by atoms with E-state index in [1.165, 1.54) is 6.26 Å². The van der Waals surface area contributed by atoms with Gasteiger partial charge < -0.3 is 29.8 Å². The Morgan fingerprint density at radius 3 is 2.53 bits per heavy atom. The Morgan fingerprint density at radius 1 is 1.06 bits per heavy atom. The van der Waals surface area contributed by atoms with Crippen LogP contribution in [0.1, 0.15) is 40.1 Å². The van der Waals surface area contributed by atoms with E-state index in [1.807, 2.05) is 19.9 Å². The molecule has 0 spiro atoms. The molecular formula is C23H35IN4O4. The first kappa shape index (κ1) is 27.8. The van der Waals surface area contributed by atoms with Crippen LogP contribution in [-0.2, 0) is 11.3 Å². The molecule has 1 heterocycles. The highest BCUT2D eigenvalue weighted by Crippen LogP contribution is 2.20. The zero-order valence-corrected chi connectivity index (χ0v) is 21.7. The van der Waals surface area contributed by atoms with Crippen LogP contribution >= 0.6 is 24.0 Å². The largest absolute Gasteiger partial charge is 0.493 e. The zero-order valence-electron chi connectivity index (χ0n) is 19.3. The molecule has 9 heteroatoms. The second-order valence-corrected chi connectivity index (χ2v) is 7.20. The molecule has 0 bridgehead atoms. The molecule has 1 aromatic carbocycles. The van der Waals surface area contributed by atoms with Crippen molar-refractivity contribution >= 4 is 35.8 Å². The lowest BCUT2D eigenvalue weighted by molar-refractivity contribution is 0.0925. The smallest absolute Gasteiger partial charge is 0.287 e. The molecule has 3 N–H and O–H groups in total. The van der Waals surface area contributed by atoms with Gasteiger partial charge in [-0.1, -0.05) is 12.1 Å². The highest BCUT2D eigenvalue weighted by Gasteiger charge is 2.11. The molecule has 0 fully saturated rings. The fourth-order valence-corrected chi connectivity index (χ4v) is 2.91. The number of aryl methyl sites for hydroxylation is 2. The summed E-state index contributed by atoms with van der Waals surface area (Å²) in [5, 5.41) is 9.42. The van der Waals surface area contributed by atoms with Crippen LogP contribution in [-0.4, -0.2) is 52.3 Å². The molecule has 0 aliphatic rings. The minimum absolute atomic E-state index is 0. The SMILES string of the molecule is CN=C(NCCCNC(=O)c1occc1C)NCc1ccc(C)cc1OCCCOC.I. The summed E-state index contributed by atoms with van der Waals surface area (Å²) < 4.78 is 16.2. The number of hydrogen-bond acceptors (Lipinski definition) is 5. The predicted octanol–water partition coefficient (Wildman–Crippen LogP) is 3.41. The van der Waals surface area contributed by atoms with Gasteiger partial charge in [-0.05, 0) is 38.0 Å². The number of aliphatic imine (C=N–C) groups is 1. The second kappa shape index (κ2) is 15.5. The molecule has 0 atom stereocenters. The number of amides is 1. The van der Waals surface area contributed by atoms with Crippen molar-refractivity contribution in [1.82, 2.24) is 16.0 Å². The van der Waals surface area contributed by atoms with Gasteiger partial charge in [0.2, 0.25) is 0 Å². The molecular weight excluding hydrogens is 523 g/mol. The molecule has 1 amide bonds. The van der Waals surface area contributed by atoms with Gasteiger partial charge in [0.1, 0.15) is 5.75 Å². The second-order valence-electron chi connectivity index (χ2n) is 7.20. The Morgan fingerprint density at radius 2 is 1.84 bits per heavy atom. The average Bonchev–Trinajstić information content (AvgIpc) is 3.20. The number of halogens is 1. The van der Waals surface area contributed by atoms with Crippen molar-refractivity contribution in [3.63, 3.8) is 0 Å². The highest BCUT2D eigenvalue weighted by molar-refractivity contribution is 14.0. The van der Waals surface area contributed by atoms with Crippen molar-refractivity contribution in [2.24, 2.45) is 4.99 Å². The van der Waals surface area contributed by atoms with Gasteiger partial charge in [0.15, 0.2) is 11.7 Å². The van der Waals surface area contributed by atoms with E-state index in [0.29, 0.717) is 44.6 Å². The molecule has 0 unspecified atom stereocenters. The Kier molecular flexibility index (Phi) is 13.5. The van der Waals surface area contributed by atoms with Crippen LogP contribution in [0.15, 0.2) is 39.9 Å². The number of carbonyl (C=O) groups excluding carboxylic acids is 1. The number of methoxy groups -OCH3 is 1. The number of ether oxygens (including phenoxy) is 2. The van der Waals surface area contributed by atoms with Crippen LogP contribution in [0.5, 0.6) is 5.75 Å². The van der Waals surface area contributed by atoms with Crippen LogP contribution in [0, 0.1) is 13.8 Å². The van der Waals surface area contributed by atoms with Crippen molar-refractivity contribution in [2.75, 3.05) is 40.5 Å². The third kappa shape index (κ3) is 9.47. The van der Waals surface area contributed by atoms with E-state index in [9.17, 15) is 4.79 Å². The Balaban J connectivity index is 0.00000512. The summed E-state index contributed by atoms with van der Waals surface area (Å²) in [6.07, 6.45) is 3.12. The summed E-state index contributed by atoms with van der Waals surface area (Å²) in [6, 6.07) is 7.95. The normalized spacial score (nSPS) is 10.9. The summed E-state index contributed by atoms with van der Waals surface area (Å²) in [4.78, 5) is 16.3. The van der Waals surface area contributed by atoms with Crippen molar-refractivity contribution < 1.29 is 18.7 Å². The van der Waals surface area contributed by atoms with Crippen molar-refractivity contribution in [1.29, 1.82) is 0 Å². The van der Waals surface area contributed by atoms with Gasteiger partial charge in [0.25, 0.3) is 5.91 Å². The Hall–Kier alpha value is -2.27. The summed E-state index contributed by atoms with van der Waals surface area (Å²) in [5.41, 5.74) is 3.05. The van der Waals surface area contributed by atoms with Crippen LogP contribution < -0.4 is 20.7 Å². The van der Waals surface area contributed by atoms with Crippen LogP contribution in [0.4, 0.5) is 0 Å². The maximum absolute atomic E-state index is 12.0. The molecule has 178 valence electrons. The predicted molar refractivity (Wildman–Crippen MR) is 137 cm³/mol. The van der Waals surface area contributed by atoms with Gasteiger partial charge in [-0.25, -0.2) is 0 Å².